The minimum Gasteiger partial charge on any atom is -0.486 e. The van der Waals surface area contributed by atoms with Gasteiger partial charge >= 0.3 is 0 Å². The molecule has 5 heterocycles. The van der Waals surface area contributed by atoms with E-state index in [4.69, 9.17) is 9.47 Å². The van der Waals surface area contributed by atoms with Crippen molar-refractivity contribution in [3.63, 3.8) is 0 Å². The number of fused-ring (bicyclic) bond motifs is 8. The molecular weight excluding hydrogens is 844 g/mol. The lowest BCUT2D eigenvalue weighted by Crippen LogP contribution is -2.61. The second kappa shape index (κ2) is 15.0. The van der Waals surface area contributed by atoms with Crippen LogP contribution in [0.3, 0.4) is 0 Å². The van der Waals surface area contributed by atoms with E-state index in [1.54, 1.807) is 0 Å². The zero-order valence-corrected chi connectivity index (χ0v) is 38.9. The smallest absolute Gasteiger partial charge is 0.252 e. The molecule has 3 aliphatic heterocycles. The van der Waals surface area contributed by atoms with Crippen molar-refractivity contribution >= 4 is 100 Å². The van der Waals surface area contributed by atoms with Crippen LogP contribution in [0.15, 0.2) is 176 Å². The highest BCUT2D eigenvalue weighted by Gasteiger charge is 2.46. The summed E-state index contributed by atoms with van der Waals surface area (Å²) in [5.74, 6) is 1.58. The van der Waals surface area contributed by atoms with Crippen LogP contribution in [0.5, 0.6) is 11.5 Å². The Balaban J connectivity index is 1.10. The lowest BCUT2D eigenvalue weighted by atomic mass is 9.33. The van der Waals surface area contributed by atoms with Crippen LogP contribution in [0, 0.1) is 6.92 Å². The first-order valence-corrected chi connectivity index (χ1v) is 24.5. The zero-order valence-electron chi connectivity index (χ0n) is 37.3. The van der Waals surface area contributed by atoms with Crippen molar-refractivity contribution in [2.24, 2.45) is 0 Å². The van der Waals surface area contributed by atoms with Crippen molar-refractivity contribution < 1.29 is 9.47 Å². The summed E-state index contributed by atoms with van der Waals surface area (Å²) < 4.78 is 15.8. The van der Waals surface area contributed by atoms with E-state index in [9.17, 15) is 0 Å². The molecule has 0 saturated carbocycles. The third-order valence-corrected chi connectivity index (χ3v) is 15.9. The number of aryl methyl sites for hydroxylation is 1. The monoisotopic (exact) mass is 888 g/mol. The number of anilines is 6. The Hall–Kier alpha value is -7.06. The van der Waals surface area contributed by atoms with E-state index >= 15 is 0 Å². The molecule has 0 fully saturated rings. The molecule has 0 unspecified atom stereocenters. The maximum absolute atomic E-state index is 6.77. The van der Waals surface area contributed by atoms with Gasteiger partial charge in [0.2, 0.25) is 0 Å². The van der Waals surface area contributed by atoms with Gasteiger partial charge in [-0.2, -0.15) is 0 Å². The summed E-state index contributed by atoms with van der Waals surface area (Å²) in [4.78, 5) is 7.57. The molecule has 7 heteroatoms. The lowest BCUT2D eigenvalue weighted by molar-refractivity contribution is 0.172. The number of thiophene rings is 2. The van der Waals surface area contributed by atoms with Crippen LogP contribution >= 0.6 is 22.7 Å². The summed E-state index contributed by atoms with van der Waals surface area (Å²) in [6.45, 7) is 10.1. The number of hydrogen-bond donors (Lipinski definition) is 0. The minimum absolute atomic E-state index is 0.0468. The van der Waals surface area contributed by atoms with Gasteiger partial charge in [0.25, 0.3) is 6.71 Å². The lowest BCUT2D eigenvalue weighted by Gasteiger charge is -2.45. The molecule has 13 rings (SSSR count). The predicted octanol–water partition coefficient (Wildman–Crippen LogP) is 14.6. The second-order valence-corrected chi connectivity index (χ2v) is 21.0. The van der Waals surface area contributed by atoms with Crippen molar-refractivity contribution in [1.29, 1.82) is 0 Å². The molecule has 0 atom stereocenters. The quantitative estimate of drug-likeness (QED) is 0.161. The minimum atomic E-state index is -0.0832. The van der Waals surface area contributed by atoms with Crippen molar-refractivity contribution in [3.8, 4) is 43.5 Å². The summed E-state index contributed by atoms with van der Waals surface area (Å²) in [5.41, 5.74) is 17.7. The Labute approximate surface area is 394 Å². The van der Waals surface area contributed by atoms with Crippen molar-refractivity contribution in [2.45, 2.75) is 33.1 Å². The Morgan fingerprint density at radius 3 is 1.89 bits per heavy atom. The molecule has 0 saturated heterocycles. The average Bonchev–Trinajstić information content (AvgIpc) is 3.99. The van der Waals surface area contributed by atoms with Crippen LogP contribution in [-0.4, -0.2) is 19.9 Å². The van der Waals surface area contributed by atoms with Gasteiger partial charge in [-0.1, -0.05) is 124 Å². The maximum atomic E-state index is 6.77. The van der Waals surface area contributed by atoms with Gasteiger partial charge in [-0.25, -0.2) is 0 Å². The molecular formula is C59H45BN2O2S2. The van der Waals surface area contributed by atoms with E-state index in [0.29, 0.717) is 13.2 Å². The highest BCUT2D eigenvalue weighted by atomic mass is 32.1. The highest BCUT2D eigenvalue weighted by molar-refractivity contribution is 7.22. The van der Waals surface area contributed by atoms with Crippen LogP contribution in [0.25, 0.3) is 52.2 Å². The SMILES string of the molecule is Cc1cc2c3c(c1)N(c1ccc(C(C)(C)C)cc1-c1ccccc1)c1c(ccc4c1OCCO4)B3c1ccc(-c3cc4ccccc4s3)cc1N2c1cccc(-c2cc3ccccc3s2)c1. The van der Waals surface area contributed by atoms with Gasteiger partial charge in [-0.15, -0.1) is 22.7 Å². The van der Waals surface area contributed by atoms with E-state index in [2.05, 4.69) is 213 Å². The van der Waals surface area contributed by atoms with Crippen LogP contribution in [0.4, 0.5) is 34.1 Å². The summed E-state index contributed by atoms with van der Waals surface area (Å²) in [6, 6.07) is 65.6. The summed E-state index contributed by atoms with van der Waals surface area (Å²) >= 11 is 3.71. The summed E-state index contributed by atoms with van der Waals surface area (Å²) in [7, 11) is 0. The van der Waals surface area contributed by atoms with E-state index in [0.717, 1.165) is 34.2 Å². The van der Waals surface area contributed by atoms with E-state index < -0.39 is 0 Å². The third kappa shape index (κ3) is 6.24. The number of benzene rings is 8. The Bertz CT molecular complexity index is 3520. The molecule has 0 bridgehead atoms. The number of nitrogens with zero attached hydrogens (tertiary/aromatic N) is 2. The fourth-order valence-electron chi connectivity index (χ4n) is 10.5. The average molecular weight is 889 g/mol. The van der Waals surface area contributed by atoms with Gasteiger partial charge in [-0.05, 0) is 140 Å². The third-order valence-electron chi connectivity index (χ3n) is 13.6. The van der Waals surface area contributed by atoms with Gasteiger partial charge < -0.3 is 19.3 Å². The number of hydrogen-bond acceptors (Lipinski definition) is 6. The largest absolute Gasteiger partial charge is 0.486 e. The zero-order chi connectivity index (χ0) is 44.3. The molecule has 0 spiro atoms. The highest BCUT2D eigenvalue weighted by Crippen LogP contribution is 2.53. The molecule has 0 amide bonds. The normalized spacial score (nSPS) is 13.8. The number of ether oxygens (including phenoxy) is 2. The molecule has 3 aliphatic rings. The second-order valence-electron chi connectivity index (χ2n) is 18.8. The molecule has 0 radical (unpaired) electrons. The van der Waals surface area contributed by atoms with E-state index in [-0.39, 0.29) is 12.1 Å². The Morgan fingerprint density at radius 1 is 0.515 bits per heavy atom. The van der Waals surface area contributed by atoms with Gasteiger partial charge in [0.15, 0.2) is 11.5 Å². The molecule has 0 N–H and O–H groups in total. The standard InChI is InChI=1S/C59H45BN2O2S2/c1-36-29-49-56-50(30-36)62(47-25-22-42(59(2,3)4)35-44(47)37-13-6-5-7-14-37)57-46(24-26-51-58(57)64-28-27-63-51)60(56)45-23-21-41(55-34-40-16-9-11-20-53(40)66-55)32-48(45)61(49)43-18-12-17-38(31-43)54-33-39-15-8-10-19-52(39)65-54/h5-26,29-35H,27-28H2,1-4H3. The van der Waals surface area contributed by atoms with E-state index in [1.807, 2.05) is 22.7 Å². The summed E-state index contributed by atoms with van der Waals surface area (Å²) in [6.07, 6.45) is 0. The number of rotatable bonds is 5. The first kappa shape index (κ1) is 39.3. The first-order chi connectivity index (χ1) is 32.2. The van der Waals surface area contributed by atoms with Crippen LogP contribution in [0.1, 0.15) is 31.9 Å². The molecule has 2 aromatic heterocycles. The van der Waals surface area contributed by atoms with Crippen molar-refractivity contribution in [2.75, 3.05) is 23.0 Å². The van der Waals surface area contributed by atoms with Crippen LogP contribution < -0.4 is 35.7 Å². The maximum Gasteiger partial charge on any atom is 0.252 e. The van der Waals surface area contributed by atoms with Gasteiger partial charge in [0.05, 0.1) is 11.4 Å². The molecule has 10 aromatic rings. The molecule has 4 nitrogen and oxygen atoms in total. The fraction of sp³-hybridized carbons (Fsp3) is 0.119. The summed E-state index contributed by atoms with van der Waals surface area (Å²) in [5, 5.41) is 2.54. The van der Waals surface area contributed by atoms with Crippen LogP contribution in [0.2, 0.25) is 0 Å². The van der Waals surface area contributed by atoms with Gasteiger partial charge in [0, 0.05) is 47.5 Å². The van der Waals surface area contributed by atoms with E-state index in [1.165, 1.54) is 91.1 Å². The molecule has 66 heavy (non-hydrogen) atoms. The first-order valence-electron chi connectivity index (χ1n) is 22.8. The topological polar surface area (TPSA) is 24.9 Å². The Morgan fingerprint density at radius 2 is 1.17 bits per heavy atom. The van der Waals surface area contributed by atoms with Gasteiger partial charge in [0.1, 0.15) is 13.2 Å². The Kier molecular flexibility index (Phi) is 8.93. The van der Waals surface area contributed by atoms with Crippen molar-refractivity contribution in [1.82, 2.24) is 0 Å². The molecule has 8 aromatic carbocycles. The molecule has 0 aliphatic carbocycles. The predicted molar refractivity (Wildman–Crippen MR) is 282 cm³/mol. The molecule has 318 valence electrons. The van der Waals surface area contributed by atoms with Crippen molar-refractivity contribution in [3.05, 3.63) is 187 Å². The van der Waals surface area contributed by atoms with Gasteiger partial charge in [-0.3, -0.25) is 0 Å². The van der Waals surface area contributed by atoms with Crippen LogP contribution in [-0.2, 0) is 5.41 Å². The fourth-order valence-corrected chi connectivity index (χ4v) is 12.6.